The maximum atomic E-state index is 5.90. The van der Waals surface area contributed by atoms with Gasteiger partial charge >= 0.3 is 0 Å². The second-order valence-corrected chi connectivity index (χ2v) is 4.02. The first-order chi connectivity index (χ1) is 6.66. The molecule has 1 heterocycles. The van der Waals surface area contributed by atoms with E-state index in [4.69, 9.17) is 34.8 Å². The molecule has 0 radical (unpaired) electrons. The van der Waals surface area contributed by atoms with Gasteiger partial charge in [0, 0.05) is 21.8 Å². The molecule has 0 saturated heterocycles. The van der Waals surface area contributed by atoms with Gasteiger partial charge in [-0.15, -0.1) is 0 Å². The molecule has 0 aliphatic heterocycles. The van der Waals surface area contributed by atoms with Gasteiger partial charge in [-0.1, -0.05) is 34.8 Å². The molecule has 0 aliphatic carbocycles. The third kappa shape index (κ3) is 1.87. The molecule has 0 atom stereocenters. The van der Waals surface area contributed by atoms with Crippen LogP contribution in [-0.2, 0) is 0 Å². The maximum absolute atomic E-state index is 5.90. The molecule has 2 rings (SSSR count). The summed E-state index contributed by atoms with van der Waals surface area (Å²) >= 11 is 17.6. The van der Waals surface area contributed by atoms with E-state index in [1.54, 1.807) is 24.4 Å². The van der Waals surface area contributed by atoms with Crippen LogP contribution in [0.15, 0.2) is 24.4 Å². The normalized spacial score (nSPS) is 10.5. The van der Waals surface area contributed by atoms with Crippen LogP contribution in [0.1, 0.15) is 0 Å². The maximum Gasteiger partial charge on any atom is 0.111 e. The Kier molecular flexibility index (Phi) is 2.68. The van der Waals surface area contributed by atoms with Gasteiger partial charge in [0.05, 0.1) is 5.02 Å². The Bertz CT molecular complexity index is 445. The Morgan fingerprint density at radius 2 is 1.64 bits per heavy atom. The molecule has 0 amide bonds. The molecule has 1 N–H and O–H groups in total. The molecule has 1 aromatic heterocycles. The van der Waals surface area contributed by atoms with Gasteiger partial charge < -0.3 is 0 Å². The van der Waals surface area contributed by atoms with Crippen molar-refractivity contribution in [3.05, 3.63) is 39.5 Å². The summed E-state index contributed by atoms with van der Waals surface area (Å²) in [5, 5.41) is 8.33. The van der Waals surface area contributed by atoms with E-state index in [2.05, 4.69) is 10.2 Å². The fraction of sp³-hybridized carbons (Fsp3) is 0. The van der Waals surface area contributed by atoms with Gasteiger partial charge in [-0.25, -0.2) is 0 Å². The summed E-state index contributed by atoms with van der Waals surface area (Å²) in [6.45, 7) is 0. The number of aromatic amines is 1. The standard InChI is InChI=1S/C9H5Cl3N2/c10-6-1-5(2-7(11)3-6)9-8(12)4-13-14-9/h1-4H,(H,13,14). The van der Waals surface area contributed by atoms with Crippen molar-refractivity contribution < 1.29 is 0 Å². The van der Waals surface area contributed by atoms with Gasteiger partial charge in [-0.3, -0.25) is 5.10 Å². The van der Waals surface area contributed by atoms with Crippen molar-refractivity contribution in [3.8, 4) is 11.3 Å². The average Bonchev–Trinajstić information content (AvgIpc) is 2.49. The molecule has 0 bridgehead atoms. The van der Waals surface area contributed by atoms with Gasteiger partial charge in [0.1, 0.15) is 5.69 Å². The predicted octanol–water partition coefficient (Wildman–Crippen LogP) is 4.04. The summed E-state index contributed by atoms with van der Waals surface area (Å²) in [4.78, 5) is 0. The molecular formula is C9H5Cl3N2. The van der Waals surface area contributed by atoms with Crippen molar-refractivity contribution in [2.75, 3.05) is 0 Å². The van der Waals surface area contributed by atoms with E-state index in [0.717, 1.165) is 5.56 Å². The first-order valence-electron chi connectivity index (χ1n) is 3.82. The first kappa shape index (κ1) is 9.84. The molecule has 0 aliphatic rings. The van der Waals surface area contributed by atoms with E-state index in [0.29, 0.717) is 20.8 Å². The zero-order chi connectivity index (χ0) is 10.1. The van der Waals surface area contributed by atoms with Crippen LogP contribution in [0.4, 0.5) is 0 Å². The second kappa shape index (κ2) is 3.81. The van der Waals surface area contributed by atoms with E-state index in [-0.39, 0.29) is 0 Å². The Morgan fingerprint density at radius 3 is 2.14 bits per heavy atom. The van der Waals surface area contributed by atoms with Crippen molar-refractivity contribution in [1.82, 2.24) is 10.2 Å². The van der Waals surface area contributed by atoms with E-state index < -0.39 is 0 Å². The lowest BCUT2D eigenvalue weighted by molar-refractivity contribution is 1.10. The highest BCUT2D eigenvalue weighted by Crippen LogP contribution is 2.29. The van der Waals surface area contributed by atoms with Gasteiger partial charge in [0.2, 0.25) is 0 Å². The van der Waals surface area contributed by atoms with E-state index in [1.807, 2.05) is 0 Å². The average molecular weight is 248 g/mol. The lowest BCUT2D eigenvalue weighted by Gasteiger charge is -1.99. The monoisotopic (exact) mass is 246 g/mol. The van der Waals surface area contributed by atoms with E-state index >= 15 is 0 Å². The van der Waals surface area contributed by atoms with Crippen molar-refractivity contribution >= 4 is 34.8 Å². The molecule has 5 heteroatoms. The molecule has 0 spiro atoms. The van der Waals surface area contributed by atoms with Gasteiger partial charge in [0.15, 0.2) is 0 Å². The molecule has 0 saturated carbocycles. The number of rotatable bonds is 1. The molecule has 2 nitrogen and oxygen atoms in total. The Balaban J connectivity index is 2.57. The van der Waals surface area contributed by atoms with Gasteiger partial charge in [-0.2, -0.15) is 5.10 Å². The van der Waals surface area contributed by atoms with Crippen molar-refractivity contribution in [1.29, 1.82) is 0 Å². The van der Waals surface area contributed by atoms with Gasteiger partial charge in [-0.05, 0) is 18.2 Å². The van der Waals surface area contributed by atoms with Crippen LogP contribution in [0.2, 0.25) is 15.1 Å². The topological polar surface area (TPSA) is 28.7 Å². The number of nitrogens with one attached hydrogen (secondary N) is 1. The molecule has 14 heavy (non-hydrogen) atoms. The first-order valence-corrected chi connectivity index (χ1v) is 4.96. The fourth-order valence-electron chi connectivity index (χ4n) is 1.17. The van der Waals surface area contributed by atoms with Crippen molar-refractivity contribution in [3.63, 3.8) is 0 Å². The number of halogens is 3. The van der Waals surface area contributed by atoms with Crippen LogP contribution in [0.5, 0.6) is 0 Å². The summed E-state index contributed by atoms with van der Waals surface area (Å²) in [7, 11) is 0. The minimum atomic E-state index is 0.545. The van der Waals surface area contributed by atoms with Crippen LogP contribution in [-0.4, -0.2) is 10.2 Å². The van der Waals surface area contributed by atoms with E-state index in [1.165, 1.54) is 0 Å². The Morgan fingerprint density at radius 1 is 1.00 bits per heavy atom. The Labute approximate surface area is 95.8 Å². The lowest BCUT2D eigenvalue weighted by Crippen LogP contribution is -1.79. The summed E-state index contributed by atoms with van der Waals surface area (Å²) in [5.74, 6) is 0. The number of nitrogens with zero attached hydrogens (tertiary/aromatic N) is 1. The largest absolute Gasteiger partial charge is 0.284 e. The smallest absolute Gasteiger partial charge is 0.111 e. The summed E-state index contributed by atoms with van der Waals surface area (Å²) in [6.07, 6.45) is 1.60. The number of H-pyrrole nitrogens is 1. The van der Waals surface area contributed by atoms with Crippen LogP contribution in [0, 0.1) is 0 Å². The fourth-order valence-corrected chi connectivity index (χ4v) is 1.89. The number of hydrogen-bond donors (Lipinski definition) is 1. The second-order valence-electron chi connectivity index (χ2n) is 2.74. The van der Waals surface area contributed by atoms with Crippen molar-refractivity contribution in [2.24, 2.45) is 0 Å². The number of benzene rings is 1. The molecule has 72 valence electrons. The molecular weight excluding hydrogens is 242 g/mol. The SMILES string of the molecule is Clc1cc(Cl)cc(-c2n[nH]cc2Cl)c1. The zero-order valence-electron chi connectivity index (χ0n) is 6.89. The quantitative estimate of drug-likeness (QED) is 0.809. The molecule has 0 unspecified atom stereocenters. The number of hydrogen-bond acceptors (Lipinski definition) is 1. The van der Waals surface area contributed by atoms with Gasteiger partial charge in [0.25, 0.3) is 0 Å². The van der Waals surface area contributed by atoms with E-state index in [9.17, 15) is 0 Å². The highest BCUT2D eigenvalue weighted by molar-refractivity contribution is 6.35. The van der Waals surface area contributed by atoms with Crippen LogP contribution < -0.4 is 0 Å². The van der Waals surface area contributed by atoms with Crippen molar-refractivity contribution in [2.45, 2.75) is 0 Å². The minimum Gasteiger partial charge on any atom is -0.284 e. The van der Waals surface area contributed by atoms with Crippen LogP contribution in [0.3, 0.4) is 0 Å². The Hall–Kier alpha value is -0.700. The van der Waals surface area contributed by atoms with Crippen LogP contribution in [0.25, 0.3) is 11.3 Å². The lowest BCUT2D eigenvalue weighted by atomic mass is 10.1. The third-order valence-electron chi connectivity index (χ3n) is 1.73. The number of aromatic nitrogens is 2. The van der Waals surface area contributed by atoms with Crippen LogP contribution >= 0.6 is 34.8 Å². The molecule has 1 aromatic carbocycles. The molecule has 2 aromatic rings. The highest BCUT2D eigenvalue weighted by atomic mass is 35.5. The third-order valence-corrected chi connectivity index (χ3v) is 2.45. The summed E-state index contributed by atoms with van der Waals surface area (Å²) < 4.78 is 0. The predicted molar refractivity (Wildman–Crippen MR) is 59.1 cm³/mol. The summed E-state index contributed by atoms with van der Waals surface area (Å²) in [6, 6.07) is 5.18. The highest BCUT2D eigenvalue weighted by Gasteiger charge is 2.07. The summed E-state index contributed by atoms with van der Waals surface area (Å²) in [5.41, 5.74) is 1.45. The zero-order valence-corrected chi connectivity index (χ0v) is 9.16. The minimum absolute atomic E-state index is 0.545. The molecule has 0 fully saturated rings.